The van der Waals surface area contributed by atoms with Crippen molar-refractivity contribution in [3.8, 4) is 5.75 Å². The molecule has 0 spiro atoms. The average Bonchev–Trinajstić information content (AvgIpc) is 2.81. The second-order valence-electron chi connectivity index (χ2n) is 7.60. The lowest BCUT2D eigenvalue weighted by Gasteiger charge is -2.36. The third-order valence-corrected chi connectivity index (χ3v) is 5.65. The van der Waals surface area contributed by atoms with E-state index in [1.54, 1.807) is 0 Å². The van der Waals surface area contributed by atoms with Crippen molar-refractivity contribution in [2.45, 2.75) is 33.3 Å². The number of fused-ring (bicyclic) bond motifs is 3. The van der Waals surface area contributed by atoms with Crippen LogP contribution in [-0.2, 0) is 5.60 Å². The quantitative estimate of drug-likeness (QED) is 0.338. The van der Waals surface area contributed by atoms with Crippen LogP contribution in [0.15, 0.2) is 91.0 Å². The third-order valence-electron chi connectivity index (χ3n) is 5.65. The average molecular weight is 393 g/mol. The van der Waals surface area contributed by atoms with Crippen LogP contribution in [0.4, 0.5) is 0 Å². The first-order chi connectivity index (χ1) is 14.7. The number of hydrogen-bond acceptors (Lipinski definition) is 1. The molecule has 1 nitrogen and oxygen atoms in total. The number of hydrogen-bond donors (Lipinski definition) is 0. The van der Waals surface area contributed by atoms with E-state index in [0.717, 1.165) is 22.4 Å². The van der Waals surface area contributed by atoms with Crippen molar-refractivity contribution in [2.24, 2.45) is 0 Å². The zero-order valence-corrected chi connectivity index (χ0v) is 18.1. The Balaban J connectivity index is 0.00000106. The monoisotopic (exact) mass is 392 g/mol. The molecule has 0 saturated heterocycles. The molecule has 0 fully saturated rings. The van der Waals surface area contributed by atoms with Crippen LogP contribution in [0.5, 0.6) is 5.75 Å². The van der Waals surface area contributed by atoms with E-state index in [1.807, 2.05) is 13.8 Å². The summed E-state index contributed by atoms with van der Waals surface area (Å²) in [4.78, 5) is 0. The predicted molar refractivity (Wildman–Crippen MR) is 128 cm³/mol. The van der Waals surface area contributed by atoms with Gasteiger partial charge in [-0.25, -0.2) is 0 Å². The minimum Gasteiger partial charge on any atom is -0.473 e. The Morgan fingerprint density at radius 1 is 0.633 bits per heavy atom. The van der Waals surface area contributed by atoms with Crippen LogP contribution in [-0.4, -0.2) is 0 Å². The van der Waals surface area contributed by atoms with Crippen LogP contribution in [0.2, 0.25) is 0 Å². The van der Waals surface area contributed by atoms with Gasteiger partial charge in [-0.3, -0.25) is 0 Å². The van der Waals surface area contributed by atoms with Crippen LogP contribution in [0.3, 0.4) is 0 Å². The van der Waals surface area contributed by atoms with E-state index in [-0.39, 0.29) is 0 Å². The summed E-state index contributed by atoms with van der Waals surface area (Å²) in [6, 6.07) is 30.0. The lowest BCUT2D eigenvalue weighted by atomic mass is 9.82. The maximum atomic E-state index is 6.79. The molecule has 0 aromatic heterocycles. The molecule has 150 valence electrons. The SMILES string of the molecule is CC.Cc1ccc(C2(c3ccc(C)cc3)C=Cc3c(ccc4ccccc34)O2)cc1. The summed E-state index contributed by atoms with van der Waals surface area (Å²) in [7, 11) is 0. The van der Waals surface area contributed by atoms with Gasteiger partial charge >= 0.3 is 0 Å². The Labute approximate surface area is 179 Å². The summed E-state index contributed by atoms with van der Waals surface area (Å²) in [6.45, 7) is 8.22. The zero-order chi connectivity index (χ0) is 21.1. The molecule has 1 aliphatic rings. The van der Waals surface area contributed by atoms with Gasteiger partial charge in [-0.2, -0.15) is 0 Å². The fourth-order valence-electron chi connectivity index (χ4n) is 4.02. The van der Waals surface area contributed by atoms with Gasteiger partial charge in [0.2, 0.25) is 0 Å². The zero-order valence-electron chi connectivity index (χ0n) is 18.1. The predicted octanol–water partition coefficient (Wildman–Crippen LogP) is 7.83. The van der Waals surface area contributed by atoms with Crippen molar-refractivity contribution < 1.29 is 4.74 Å². The summed E-state index contributed by atoms with van der Waals surface area (Å²) in [5.41, 5.74) is 5.28. The van der Waals surface area contributed by atoms with Crippen LogP contribution in [0, 0.1) is 13.8 Å². The van der Waals surface area contributed by atoms with Gasteiger partial charge in [0, 0.05) is 16.7 Å². The van der Waals surface area contributed by atoms with Crippen molar-refractivity contribution in [2.75, 3.05) is 0 Å². The second-order valence-corrected chi connectivity index (χ2v) is 7.60. The highest BCUT2D eigenvalue weighted by Crippen LogP contribution is 2.44. The van der Waals surface area contributed by atoms with Crippen LogP contribution in [0.25, 0.3) is 16.8 Å². The molecule has 0 unspecified atom stereocenters. The number of aryl methyl sites for hydroxylation is 2. The lowest BCUT2D eigenvalue weighted by Crippen LogP contribution is -2.34. The summed E-state index contributed by atoms with van der Waals surface area (Å²) >= 11 is 0. The molecular formula is C29H28O. The fourth-order valence-corrected chi connectivity index (χ4v) is 4.02. The molecule has 0 saturated carbocycles. The molecule has 0 aliphatic carbocycles. The number of benzene rings is 4. The largest absolute Gasteiger partial charge is 0.473 e. The van der Waals surface area contributed by atoms with Crippen molar-refractivity contribution in [1.29, 1.82) is 0 Å². The molecule has 0 amide bonds. The van der Waals surface area contributed by atoms with Gasteiger partial charge in [-0.1, -0.05) is 104 Å². The number of ether oxygens (including phenoxy) is 1. The molecule has 0 radical (unpaired) electrons. The summed E-state index contributed by atoms with van der Waals surface area (Å²) < 4.78 is 6.79. The first-order valence-electron chi connectivity index (χ1n) is 10.7. The molecule has 1 heteroatoms. The standard InChI is InChI=1S/C27H22O.C2H6/c1-19-7-12-22(13-8-19)27(23-14-9-20(2)10-15-23)18-17-25-24-6-4-3-5-21(24)11-16-26(25)28-27;1-2/h3-18H,1-2H3;1-2H3. The van der Waals surface area contributed by atoms with Crippen molar-refractivity contribution in [1.82, 2.24) is 0 Å². The molecule has 30 heavy (non-hydrogen) atoms. The molecule has 0 N–H and O–H groups in total. The summed E-state index contributed by atoms with van der Waals surface area (Å²) in [5, 5.41) is 2.45. The van der Waals surface area contributed by atoms with Crippen LogP contribution < -0.4 is 4.74 Å². The fraction of sp³-hybridized carbons (Fsp3) is 0.172. The van der Waals surface area contributed by atoms with Gasteiger partial charge in [-0.15, -0.1) is 0 Å². The molecule has 1 aliphatic heterocycles. The lowest BCUT2D eigenvalue weighted by molar-refractivity contribution is 0.161. The summed E-state index contributed by atoms with van der Waals surface area (Å²) in [6.07, 6.45) is 4.43. The van der Waals surface area contributed by atoms with Gasteiger partial charge in [-0.05, 0) is 42.8 Å². The molecule has 0 bridgehead atoms. The van der Waals surface area contributed by atoms with Gasteiger partial charge < -0.3 is 4.74 Å². The van der Waals surface area contributed by atoms with E-state index in [1.165, 1.54) is 21.9 Å². The van der Waals surface area contributed by atoms with Gasteiger partial charge in [0.25, 0.3) is 0 Å². The number of rotatable bonds is 2. The van der Waals surface area contributed by atoms with E-state index in [2.05, 4.69) is 111 Å². The minimum atomic E-state index is -0.628. The third kappa shape index (κ3) is 3.41. The topological polar surface area (TPSA) is 9.23 Å². The first-order valence-corrected chi connectivity index (χ1v) is 10.7. The Bertz CT molecular complexity index is 1140. The van der Waals surface area contributed by atoms with Gasteiger partial charge in [0.15, 0.2) is 5.60 Å². The minimum absolute atomic E-state index is 0.628. The molecule has 4 aromatic carbocycles. The Hall–Kier alpha value is -3.32. The normalized spacial score (nSPS) is 13.7. The Morgan fingerprint density at radius 3 is 1.80 bits per heavy atom. The Morgan fingerprint density at radius 2 is 1.20 bits per heavy atom. The second kappa shape index (κ2) is 8.20. The van der Waals surface area contributed by atoms with Crippen molar-refractivity contribution in [3.05, 3.63) is 119 Å². The van der Waals surface area contributed by atoms with E-state index in [9.17, 15) is 0 Å². The smallest absolute Gasteiger partial charge is 0.178 e. The van der Waals surface area contributed by atoms with Gasteiger partial charge in [0.05, 0.1) is 0 Å². The molecule has 1 heterocycles. The van der Waals surface area contributed by atoms with Crippen LogP contribution >= 0.6 is 0 Å². The highest BCUT2D eigenvalue weighted by atomic mass is 16.5. The Kier molecular flexibility index (Phi) is 5.46. The molecule has 4 aromatic rings. The highest BCUT2D eigenvalue weighted by Gasteiger charge is 2.37. The van der Waals surface area contributed by atoms with E-state index < -0.39 is 5.60 Å². The van der Waals surface area contributed by atoms with Crippen LogP contribution in [0.1, 0.15) is 41.7 Å². The van der Waals surface area contributed by atoms with Crippen molar-refractivity contribution in [3.63, 3.8) is 0 Å². The van der Waals surface area contributed by atoms with Gasteiger partial charge in [0.1, 0.15) is 5.75 Å². The van der Waals surface area contributed by atoms with E-state index in [4.69, 9.17) is 4.74 Å². The maximum absolute atomic E-state index is 6.79. The highest BCUT2D eigenvalue weighted by molar-refractivity contribution is 5.94. The molecule has 5 rings (SSSR count). The van der Waals surface area contributed by atoms with E-state index in [0.29, 0.717) is 0 Å². The summed E-state index contributed by atoms with van der Waals surface area (Å²) in [5.74, 6) is 0.919. The van der Waals surface area contributed by atoms with E-state index >= 15 is 0 Å². The molecule has 0 atom stereocenters. The molecular weight excluding hydrogens is 364 g/mol. The maximum Gasteiger partial charge on any atom is 0.178 e. The first kappa shape index (κ1) is 20.0. The van der Waals surface area contributed by atoms with Crippen molar-refractivity contribution >= 4 is 16.8 Å².